The zero-order chi connectivity index (χ0) is 19.3. The molecule has 5 rings (SSSR count). The first-order chi connectivity index (χ1) is 13.5. The molecule has 0 saturated heterocycles. The molecule has 0 aliphatic rings. The second-order valence-electron chi connectivity index (χ2n) is 6.52. The minimum atomic E-state index is -2.92. The average Bonchev–Trinajstić information content (AvgIpc) is 3.31. The Balaban J connectivity index is 1.54. The number of hydrogen-bond acceptors (Lipinski definition) is 6. The van der Waals surface area contributed by atoms with Crippen LogP contribution in [0.15, 0.2) is 54.6 Å². The van der Waals surface area contributed by atoms with Crippen LogP contribution in [0, 0.1) is 0 Å². The molecule has 0 bridgehead atoms. The van der Waals surface area contributed by atoms with Crippen molar-refractivity contribution in [3.63, 3.8) is 0 Å². The number of nitrogens with zero attached hydrogens (tertiary/aromatic N) is 2. The van der Waals surface area contributed by atoms with E-state index in [0.29, 0.717) is 9.88 Å². The lowest BCUT2D eigenvalue weighted by atomic mass is 10.1. The first kappa shape index (κ1) is 17.6. The molecule has 0 spiro atoms. The molecular weight excluding hydrogens is 409 g/mol. The molecule has 0 saturated carbocycles. The summed E-state index contributed by atoms with van der Waals surface area (Å²) in [5.41, 5.74) is 1.75. The number of hydrogen-bond donors (Lipinski definition) is 1. The van der Waals surface area contributed by atoms with Gasteiger partial charge in [0.25, 0.3) is 0 Å². The molecule has 0 fully saturated rings. The van der Waals surface area contributed by atoms with E-state index in [0.717, 1.165) is 37.0 Å². The summed E-state index contributed by atoms with van der Waals surface area (Å²) in [6.07, 6.45) is 0. The fourth-order valence-electron chi connectivity index (χ4n) is 3.14. The lowest BCUT2D eigenvalue weighted by molar-refractivity contribution is 0.415. The highest BCUT2D eigenvalue weighted by Crippen LogP contribution is 2.45. The van der Waals surface area contributed by atoms with Crippen molar-refractivity contribution in [2.75, 3.05) is 18.9 Å². The van der Waals surface area contributed by atoms with E-state index in [1.807, 2.05) is 36.4 Å². The van der Waals surface area contributed by atoms with Gasteiger partial charge in [0, 0.05) is 12.1 Å². The molecule has 3 aromatic carbocycles. The maximum Gasteiger partial charge on any atom is 0.224 e. The Bertz CT molecular complexity index is 1390. The molecule has 1 atom stereocenters. The maximum absolute atomic E-state index is 13.5. The predicted octanol–water partition coefficient (Wildman–Crippen LogP) is 5.71. The average molecular weight is 425 g/mol. The van der Waals surface area contributed by atoms with E-state index in [2.05, 4.69) is 28.3 Å². The molecule has 0 unspecified atom stereocenters. The van der Waals surface area contributed by atoms with Gasteiger partial charge in [-0.3, -0.25) is 4.57 Å². The van der Waals surface area contributed by atoms with Gasteiger partial charge in [0.05, 0.1) is 27.5 Å². The standard InChI is InChI=1S/C20H16N3O2PS2/c1-25-13-8-9-15-17(11-13)27-19(21-15)23-26(2,24)20-22-18-14-6-4-3-5-12(14)7-10-16(18)28-20/h3-11H,1-2H3,(H,21,23,24)/t26-/m1/s1. The summed E-state index contributed by atoms with van der Waals surface area (Å²) in [4.78, 5) is 9.30. The van der Waals surface area contributed by atoms with Gasteiger partial charge in [-0.1, -0.05) is 41.7 Å². The van der Waals surface area contributed by atoms with E-state index in [1.54, 1.807) is 13.8 Å². The first-order valence-electron chi connectivity index (χ1n) is 8.63. The van der Waals surface area contributed by atoms with Gasteiger partial charge in [-0.05, 0) is 29.7 Å². The van der Waals surface area contributed by atoms with Crippen molar-refractivity contribution in [3.05, 3.63) is 54.6 Å². The highest BCUT2D eigenvalue weighted by Gasteiger charge is 2.25. The third kappa shape index (κ3) is 2.96. The van der Waals surface area contributed by atoms with Gasteiger partial charge in [-0.2, -0.15) is 0 Å². The summed E-state index contributed by atoms with van der Waals surface area (Å²) < 4.78 is 21.4. The molecule has 0 amide bonds. The van der Waals surface area contributed by atoms with Crippen molar-refractivity contribution in [2.24, 2.45) is 0 Å². The number of aromatic nitrogens is 2. The number of anilines is 1. The monoisotopic (exact) mass is 425 g/mol. The third-order valence-corrected chi connectivity index (χ3v) is 9.24. The Morgan fingerprint density at radius 3 is 2.71 bits per heavy atom. The fourth-order valence-corrected chi connectivity index (χ4v) is 7.25. The van der Waals surface area contributed by atoms with Crippen LogP contribution in [-0.2, 0) is 4.57 Å². The van der Waals surface area contributed by atoms with Crippen molar-refractivity contribution in [1.29, 1.82) is 0 Å². The van der Waals surface area contributed by atoms with Crippen LogP contribution in [0.3, 0.4) is 0 Å². The molecule has 2 heterocycles. The Morgan fingerprint density at radius 2 is 1.86 bits per heavy atom. The minimum Gasteiger partial charge on any atom is -0.497 e. The number of rotatable bonds is 4. The zero-order valence-corrected chi connectivity index (χ0v) is 17.7. The number of thiazole rings is 2. The van der Waals surface area contributed by atoms with Crippen molar-refractivity contribution in [2.45, 2.75) is 0 Å². The lowest BCUT2D eigenvalue weighted by Gasteiger charge is -2.10. The third-order valence-electron chi connectivity index (χ3n) is 4.54. The maximum atomic E-state index is 13.5. The van der Waals surface area contributed by atoms with Crippen molar-refractivity contribution in [1.82, 2.24) is 9.97 Å². The number of methoxy groups -OCH3 is 1. The second kappa shape index (κ2) is 6.55. The van der Waals surface area contributed by atoms with Gasteiger partial charge in [-0.25, -0.2) is 9.97 Å². The Labute approximate surface area is 169 Å². The smallest absolute Gasteiger partial charge is 0.224 e. The molecule has 8 heteroatoms. The molecule has 2 aromatic heterocycles. The van der Waals surface area contributed by atoms with Gasteiger partial charge >= 0.3 is 0 Å². The van der Waals surface area contributed by atoms with Crippen LogP contribution in [0.4, 0.5) is 5.13 Å². The van der Waals surface area contributed by atoms with E-state index in [1.165, 1.54) is 22.7 Å². The van der Waals surface area contributed by atoms with E-state index < -0.39 is 7.29 Å². The van der Waals surface area contributed by atoms with Crippen LogP contribution in [-0.4, -0.2) is 23.7 Å². The molecule has 0 aliphatic heterocycles. The van der Waals surface area contributed by atoms with Gasteiger partial charge in [0.2, 0.25) is 7.29 Å². The van der Waals surface area contributed by atoms with Crippen LogP contribution >= 0.6 is 30.0 Å². The normalized spacial score (nSPS) is 13.8. The molecule has 0 aliphatic carbocycles. The zero-order valence-electron chi connectivity index (χ0n) is 15.2. The molecule has 0 radical (unpaired) electrons. The van der Waals surface area contributed by atoms with Crippen LogP contribution in [0.2, 0.25) is 0 Å². The minimum absolute atomic E-state index is 0.607. The van der Waals surface area contributed by atoms with Crippen LogP contribution in [0.1, 0.15) is 0 Å². The molecule has 5 nitrogen and oxygen atoms in total. The van der Waals surface area contributed by atoms with Gasteiger partial charge in [0.15, 0.2) is 9.88 Å². The summed E-state index contributed by atoms with van der Waals surface area (Å²) >= 11 is 2.93. The van der Waals surface area contributed by atoms with Gasteiger partial charge in [0.1, 0.15) is 5.75 Å². The molecule has 5 aromatic rings. The van der Waals surface area contributed by atoms with E-state index in [4.69, 9.17) is 9.72 Å². The van der Waals surface area contributed by atoms with E-state index >= 15 is 0 Å². The van der Waals surface area contributed by atoms with Gasteiger partial charge in [-0.15, -0.1) is 11.3 Å². The van der Waals surface area contributed by atoms with Gasteiger partial charge < -0.3 is 9.82 Å². The predicted molar refractivity (Wildman–Crippen MR) is 120 cm³/mol. The van der Waals surface area contributed by atoms with Crippen molar-refractivity contribution >= 4 is 71.1 Å². The quantitative estimate of drug-likeness (QED) is 0.374. The summed E-state index contributed by atoms with van der Waals surface area (Å²) in [5.74, 6) is 0.778. The number of nitrogens with one attached hydrogen (secondary N) is 1. The largest absolute Gasteiger partial charge is 0.497 e. The molecular formula is C20H16N3O2PS2. The molecule has 28 heavy (non-hydrogen) atoms. The highest BCUT2D eigenvalue weighted by atomic mass is 32.1. The topological polar surface area (TPSA) is 64.1 Å². The van der Waals surface area contributed by atoms with Crippen LogP contribution in [0.25, 0.3) is 31.2 Å². The second-order valence-corrected chi connectivity index (χ2v) is 11.4. The number of benzene rings is 3. The van der Waals surface area contributed by atoms with E-state index in [-0.39, 0.29) is 0 Å². The first-order valence-corrected chi connectivity index (χ1v) is 12.4. The fraction of sp³-hybridized carbons (Fsp3) is 0.100. The Kier molecular flexibility index (Phi) is 4.12. The summed E-state index contributed by atoms with van der Waals surface area (Å²) in [6.45, 7) is 1.71. The Morgan fingerprint density at radius 1 is 1.00 bits per heavy atom. The van der Waals surface area contributed by atoms with Crippen molar-refractivity contribution < 1.29 is 9.30 Å². The highest BCUT2D eigenvalue weighted by molar-refractivity contribution is 7.77. The van der Waals surface area contributed by atoms with Crippen molar-refractivity contribution in [3.8, 4) is 5.75 Å². The van der Waals surface area contributed by atoms with E-state index in [9.17, 15) is 4.57 Å². The Hall–Kier alpha value is -2.47. The molecule has 1 N–H and O–H groups in total. The SMILES string of the molecule is COc1ccc2nc(N[P@](C)(=O)c3nc4c(ccc5ccccc54)s3)sc2c1. The number of ether oxygens (including phenoxy) is 1. The summed E-state index contributed by atoms with van der Waals surface area (Å²) in [6, 6.07) is 18.0. The summed E-state index contributed by atoms with van der Waals surface area (Å²) in [7, 11) is -1.28. The molecule has 140 valence electrons. The number of fused-ring (bicyclic) bond motifs is 4. The van der Waals surface area contributed by atoms with Crippen LogP contribution in [0.5, 0.6) is 5.75 Å². The lowest BCUT2D eigenvalue weighted by Crippen LogP contribution is -2.09. The summed E-state index contributed by atoms with van der Waals surface area (Å²) in [5, 5.41) is 5.97. The van der Waals surface area contributed by atoms with Crippen LogP contribution < -0.4 is 14.6 Å².